The van der Waals surface area contributed by atoms with Gasteiger partial charge >= 0.3 is 0 Å². The van der Waals surface area contributed by atoms with Crippen LogP contribution in [-0.4, -0.2) is 33.7 Å². The third kappa shape index (κ3) is 5.98. The molecule has 33 heavy (non-hydrogen) atoms. The summed E-state index contributed by atoms with van der Waals surface area (Å²) in [5.74, 6) is 0.152. The van der Waals surface area contributed by atoms with Crippen LogP contribution in [0.25, 0.3) is 10.2 Å². The van der Waals surface area contributed by atoms with E-state index >= 15 is 0 Å². The van der Waals surface area contributed by atoms with E-state index in [2.05, 4.69) is 15.3 Å². The van der Waals surface area contributed by atoms with Crippen molar-refractivity contribution >= 4 is 74.2 Å². The Morgan fingerprint density at radius 3 is 2.70 bits per heavy atom. The van der Waals surface area contributed by atoms with Crippen LogP contribution in [-0.2, 0) is 4.79 Å². The average Bonchev–Trinajstić information content (AvgIpc) is 3.21. The summed E-state index contributed by atoms with van der Waals surface area (Å²) in [7, 11) is 0. The molecule has 166 valence electrons. The number of amides is 1. The second-order valence-corrected chi connectivity index (χ2v) is 9.75. The molecule has 1 amide bonds. The van der Waals surface area contributed by atoms with Gasteiger partial charge in [0.25, 0.3) is 0 Å². The van der Waals surface area contributed by atoms with E-state index in [-0.39, 0.29) is 23.2 Å². The number of rotatable bonds is 7. The number of hydrogen-bond acceptors (Lipinski definition) is 7. The second kappa shape index (κ2) is 10.2. The topological polar surface area (TPSA) is 91.7 Å². The quantitative estimate of drug-likeness (QED) is 0.177. The number of aromatic hydroxyl groups is 1. The molecule has 0 saturated heterocycles. The number of aliphatic imine (C=N–C) groups is 1. The predicted octanol–water partition coefficient (Wildman–Crippen LogP) is 6.34. The molecule has 1 aromatic heterocycles. The Kier molecular flexibility index (Phi) is 7.08. The summed E-state index contributed by atoms with van der Waals surface area (Å²) in [5, 5.41) is 13.3. The summed E-state index contributed by atoms with van der Waals surface area (Å²) in [6, 6.07) is 17.2. The van der Waals surface area contributed by atoms with Crippen LogP contribution in [0, 0.1) is 0 Å². The van der Waals surface area contributed by atoms with Gasteiger partial charge in [-0.3, -0.25) is 14.6 Å². The minimum Gasteiger partial charge on any atom is -0.507 e. The highest BCUT2D eigenvalue weighted by molar-refractivity contribution is 8.01. The smallest absolute Gasteiger partial charge is 0.234 e. The SMILES string of the molecule is CC(=O)c1ccc(NC(=O)CSc2nc3ccc(N=Cc4cc(Cl)ccc4O)cc3s2)cc1. The Hall–Kier alpha value is -3.20. The molecular formula is C24H18ClN3O3S2. The first kappa shape index (κ1) is 23.0. The van der Waals surface area contributed by atoms with Crippen molar-refractivity contribution in [3.63, 3.8) is 0 Å². The number of nitrogens with zero attached hydrogens (tertiary/aromatic N) is 2. The molecule has 0 aliphatic rings. The van der Waals surface area contributed by atoms with Crippen molar-refractivity contribution in [3.8, 4) is 5.75 Å². The van der Waals surface area contributed by atoms with E-state index < -0.39 is 0 Å². The first-order valence-corrected chi connectivity index (χ1v) is 12.0. The molecule has 9 heteroatoms. The maximum atomic E-state index is 12.3. The van der Waals surface area contributed by atoms with Crippen molar-refractivity contribution < 1.29 is 14.7 Å². The average molecular weight is 496 g/mol. The lowest BCUT2D eigenvalue weighted by Gasteiger charge is -2.04. The first-order chi connectivity index (χ1) is 15.9. The van der Waals surface area contributed by atoms with E-state index in [0.29, 0.717) is 27.5 Å². The number of aromatic nitrogens is 1. The lowest BCUT2D eigenvalue weighted by molar-refractivity contribution is -0.113. The summed E-state index contributed by atoms with van der Waals surface area (Å²) in [5.41, 5.74) is 3.32. The van der Waals surface area contributed by atoms with E-state index in [4.69, 9.17) is 11.6 Å². The molecule has 4 rings (SSSR count). The number of phenols is 1. The van der Waals surface area contributed by atoms with Crippen LogP contribution in [0.4, 0.5) is 11.4 Å². The minimum atomic E-state index is -0.151. The van der Waals surface area contributed by atoms with Gasteiger partial charge in [0.2, 0.25) is 5.91 Å². The number of phenolic OH excluding ortho intramolecular Hbond substituents is 1. The Balaban J connectivity index is 1.39. The lowest BCUT2D eigenvalue weighted by atomic mass is 10.1. The number of carbonyl (C=O) groups is 2. The van der Waals surface area contributed by atoms with Crippen LogP contribution in [0.1, 0.15) is 22.8 Å². The third-order valence-corrected chi connectivity index (χ3v) is 6.99. The molecule has 0 atom stereocenters. The maximum Gasteiger partial charge on any atom is 0.234 e. The van der Waals surface area contributed by atoms with Gasteiger partial charge in [-0.15, -0.1) is 11.3 Å². The van der Waals surface area contributed by atoms with Crippen LogP contribution in [0.15, 0.2) is 70.0 Å². The van der Waals surface area contributed by atoms with E-state index in [1.165, 1.54) is 36.1 Å². The molecule has 0 bridgehead atoms. The van der Waals surface area contributed by atoms with Crippen LogP contribution < -0.4 is 5.32 Å². The van der Waals surface area contributed by atoms with Crippen molar-refractivity contribution in [2.75, 3.05) is 11.1 Å². The number of anilines is 1. The number of halogens is 1. The number of carbonyl (C=O) groups excluding carboxylic acids is 2. The van der Waals surface area contributed by atoms with Gasteiger partial charge in [-0.2, -0.15) is 0 Å². The molecule has 0 spiro atoms. The molecule has 0 aliphatic heterocycles. The molecule has 0 radical (unpaired) electrons. The number of Topliss-reactive ketones (excluding diaryl/α,β-unsaturated/α-hetero) is 1. The molecule has 0 unspecified atom stereocenters. The Morgan fingerprint density at radius 2 is 1.94 bits per heavy atom. The summed E-state index contributed by atoms with van der Waals surface area (Å²) < 4.78 is 1.73. The van der Waals surface area contributed by atoms with Gasteiger partial charge in [-0.25, -0.2) is 4.98 Å². The molecule has 0 aliphatic carbocycles. The van der Waals surface area contributed by atoms with Gasteiger partial charge < -0.3 is 10.4 Å². The fourth-order valence-corrected chi connectivity index (χ4v) is 5.00. The normalized spacial score (nSPS) is 11.2. The van der Waals surface area contributed by atoms with Gasteiger partial charge in [0, 0.05) is 28.1 Å². The zero-order valence-electron chi connectivity index (χ0n) is 17.4. The van der Waals surface area contributed by atoms with E-state index in [1.807, 2.05) is 18.2 Å². The summed E-state index contributed by atoms with van der Waals surface area (Å²) in [4.78, 5) is 32.6. The maximum absolute atomic E-state index is 12.3. The highest BCUT2D eigenvalue weighted by Crippen LogP contribution is 2.32. The van der Waals surface area contributed by atoms with Crippen LogP contribution in [0.5, 0.6) is 5.75 Å². The molecule has 2 N–H and O–H groups in total. The lowest BCUT2D eigenvalue weighted by Crippen LogP contribution is -2.13. The van der Waals surface area contributed by atoms with Crippen LogP contribution in [0.2, 0.25) is 5.02 Å². The molecule has 1 heterocycles. The zero-order valence-corrected chi connectivity index (χ0v) is 19.8. The number of ketones is 1. The van der Waals surface area contributed by atoms with Gasteiger partial charge in [0.05, 0.1) is 21.7 Å². The number of hydrogen-bond donors (Lipinski definition) is 2. The first-order valence-electron chi connectivity index (χ1n) is 9.84. The van der Waals surface area contributed by atoms with Crippen LogP contribution >= 0.6 is 34.7 Å². The summed E-state index contributed by atoms with van der Waals surface area (Å²) in [6.45, 7) is 1.50. The largest absolute Gasteiger partial charge is 0.507 e. The molecule has 4 aromatic rings. The Labute approximate surface area is 203 Å². The van der Waals surface area contributed by atoms with Gasteiger partial charge in [-0.05, 0) is 67.6 Å². The number of nitrogens with one attached hydrogen (secondary N) is 1. The molecule has 0 saturated carbocycles. The number of fused-ring (bicyclic) bond motifs is 1. The fourth-order valence-electron chi connectivity index (χ4n) is 2.92. The summed E-state index contributed by atoms with van der Waals surface area (Å²) in [6.07, 6.45) is 1.56. The number of thioether (sulfide) groups is 1. The molecule has 3 aromatic carbocycles. The Bertz CT molecular complexity index is 1370. The molecular weight excluding hydrogens is 478 g/mol. The van der Waals surface area contributed by atoms with E-state index in [0.717, 1.165) is 14.6 Å². The number of benzene rings is 3. The van der Waals surface area contributed by atoms with E-state index in [9.17, 15) is 14.7 Å². The van der Waals surface area contributed by atoms with Gasteiger partial charge in [0.1, 0.15) is 5.75 Å². The minimum absolute atomic E-state index is 0.0178. The van der Waals surface area contributed by atoms with Gasteiger partial charge in [0.15, 0.2) is 10.1 Å². The van der Waals surface area contributed by atoms with Crippen molar-refractivity contribution in [2.45, 2.75) is 11.3 Å². The van der Waals surface area contributed by atoms with Gasteiger partial charge in [-0.1, -0.05) is 23.4 Å². The third-order valence-electron chi connectivity index (χ3n) is 4.60. The standard InChI is InChI=1S/C24H18ClN3O3S2/c1-14(29)15-2-5-18(6-3-15)27-23(31)13-32-24-28-20-8-7-19(11-22(20)33-24)26-12-16-10-17(25)4-9-21(16)30/h2-12,30H,13H2,1H3,(H,27,31). The van der Waals surface area contributed by atoms with Crippen molar-refractivity contribution in [2.24, 2.45) is 4.99 Å². The fraction of sp³-hybridized carbons (Fsp3) is 0.0833. The second-order valence-electron chi connectivity index (χ2n) is 7.06. The van der Waals surface area contributed by atoms with Crippen molar-refractivity contribution in [1.29, 1.82) is 0 Å². The Morgan fingerprint density at radius 1 is 1.15 bits per heavy atom. The monoisotopic (exact) mass is 495 g/mol. The van der Waals surface area contributed by atoms with Crippen LogP contribution in [0.3, 0.4) is 0 Å². The zero-order chi connectivity index (χ0) is 23.4. The molecule has 0 fully saturated rings. The van der Waals surface area contributed by atoms with E-state index in [1.54, 1.807) is 42.6 Å². The highest BCUT2D eigenvalue weighted by Gasteiger charge is 2.09. The summed E-state index contributed by atoms with van der Waals surface area (Å²) >= 11 is 8.81. The predicted molar refractivity (Wildman–Crippen MR) is 136 cm³/mol. The van der Waals surface area contributed by atoms with Crippen molar-refractivity contribution in [3.05, 3.63) is 76.8 Å². The van der Waals surface area contributed by atoms with Crippen molar-refractivity contribution in [1.82, 2.24) is 4.98 Å². The molecule has 6 nitrogen and oxygen atoms in total. The number of thiazole rings is 1. The highest BCUT2D eigenvalue weighted by atomic mass is 35.5.